The molecule has 2 fully saturated rings. The molecule has 8 nitrogen and oxygen atoms in total. The first-order valence-electron chi connectivity index (χ1n) is 8.33. The highest BCUT2D eigenvalue weighted by Crippen LogP contribution is 2.45. The Morgan fingerprint density at radius 3 is 2.77 bits per heavy atom. The molecular formula is C17H18N4O4S. The lowest BCUT2D eigenvalue weighted by Crippen LogP contribution is -2.69. The minimum atomic E-state index is -3.28. The molecule has 0 radical (unpaired) electrons. The van der Waals surface area contributed by atoms with Gasteiger partial charge in [-0.05, 0) is 12.5 Å². The maximum Gasteiger partial charge on any atom is 0.274 e. The number of ether oxygens (including phenoxy) is 1. The summed E-state index contributed by atoms with van der Waals surface area (Å²) < 4.78 is 30.1. The van der Waals surface area contributed by atoms with Crippen LogP contribution in [0.2, 0.25) is 0 Å². The fourth-order valence-electron chi connectivity index (χ4n) is 3.64. The number of hydrogen-bond donors (Lipinski definition) is 0. The fourth-order valence-corrected chi connectivity index (χ4v) is 6.04. The third-order valence-corrected chi connectivity index (χ3v) is 7.76. The van der Waals surface area contributed by atoms with Crippen molar-refractivity contribution >= 4 is 15.7 Å². The second kappa shape index (κ2) is 6.31. The Balaban J connectivity index is 1.47. The van der Waals surface area contributed by atoms with Crippen LogP contribution in [0, 0.1) is 5.92 Å². The predicted octanol–water partition coefficient (Wildman–Crippen LogP) is 0.580. The van der Waals surface area contributed by atoms with Gasteiger partial charge in [-0.2, -0.15) is 0 Å². The number of hydrogen-bond acceptors (Lipinski definition) is 7. The van der Waals surface area contributed by atoms with Gasteiger partial charge >= 0.3 is 0 Å². The van der Waals surface area contributed by atoms with E-state index in [0.29, 0.717) is 12.3 Å². The van der Waals surface area contributed by atoms with Crippen molar-refractivity contribution < 1.29 is 17.9 Å². The van der Waals surface area contributed by atoms with E-state index in [9.17, 15) is 13.2 Å². The van der Waals surface area contributed by atoms with Crippen molar-refractivity contribution in [3.05, 3.63) is 48.7 Å². The van der Waals surface area contributed by atoms with Gasteiger partial charge in [0.25, 0.3) is 5.91 Å². The maximum absolute atomic E-state index is 12.7. The number of sulfone groups is 1. The fraction of sp³-hybridized carbons (Fsp3) is 0.412. The van der Waals surface area contributed by atoms with Gasteiger partial charge in [-0.15, -0.1) is 0 Å². The maximum atomic E-state index is 12.7. The quantitative estimate of drug-likeness (QED) is 0.771. The van der Waals surface area contributed by atoms with Crippen molar-refractivity contribution in [2.45, 2.75) is 11.2 Å². The molecule has 0 aliphatic carbocycles. The third kappa shape index (κ3) is 2.72. The molecule has 4 rings (SSSR count). The lowest BCUT2D eigenvalue weighted by Gasteiger charge is -2.49. The third-order valence-electron chi connectivity index (χ3n) is 5.16. The molecule has 9 heteroatoms. The molecule has 2 aliphatic rings. The van der Waals surface area contributed by atoms with E-state index in [-0.39, 0.29) is 43.0 Å². The molecule has 0 saturated carbocycles. The lowest BCUT2D eigenvalue weighted by molar-refractivity contribution is 0.0401. The van der Waals surface area contributed by atoms with Crippen LogP contribution in [0.25, 0.3) is 0 Å². The van der Waals surface area contributed by atoms with Gasteiger partial charge < -0.3 is 9.64 Å². The molecule has 136 valence electrons. The van der Waals surface area contributed by atoms with E-state index in [0.717, 1.165) is 0 Å². The zero-order valence-corrected chi connectivity index (χ0v) is 14.8. The Kier molecular flexibility index (Phi) is 4.10. The Hall–Kier alpha value is -2.55. The highest BCUT2D eigenvalue weighted by molar-refractivity contribution is 7.93. The molecule has 26 heavy (non-hydrogen) atoms. The highest BCUT2D eigenvalue weighted by atomic mass is 32.2. The molecule has 4 heterocycles. The first kappa shape index (κ1) is 16.9. The van der Waals surface area contributed by atoms with Gasteiger partial charge in [0.1, 0.15) is 10.4 Å². The van der Waals surface area contributed by atoms with Crippen molar-refractivity contribution in [2.24, 2.45) is 5.92 Å². The van der Waals surface area contributed by atoms with Crippen molar-refractivity contribution in [1.29, 1.82) is 0 Å². The predicted molar refractivity (Wildman–Crippen MR) is 92.3 cm³/mol. The summed E-state index contributed by atoms with van der Waals surface area (Å²) in [7, 11) is -3.28. The van der Waals surface area contributed by atoms with Gasteiger partial charge in [-0.1, -0.05) is 6.07 Å². The minimum absolute atomic E-state index is 0.121. The van der Waals surface area contributed by atoms with Crippen molar-refractivity contribution in [2.75, 3.05) is 25.4 Å². The minimum Gasteiger partial charge on any atom is -0.477 e. The average Bonchev–Trinajstić information content (AvgIpc) is 2.90. The summed E-state index contributed by atoms with van der Waals surface area (Å²) >= 11 is 0. The van der Waals surface area contributed by atoms with Gasteiger partial charge in [0.2, 0.25) is 5.88 Å². The molecule has 1 spiro atoms. The zero-order valence-electron chi connectivity index (χ0n) is 14.0. The van der Waals surface area contributed by atoms with Crippen LogP contribution in [-0.4, -0.2) is 64.4 Å². The van der Waals surface area contributed by atoms with Gasteiger partial charge in [-0.3, -0.25) is 9.78 Å². The van der Waals surface area contributed by atoms with Crippen molar-refractivity contribution in [1.82, 2.24) is 19.9 Å². The molecule has 0 N–H and O–H groups in total. The topological polar surface area (TPSA) is 102 Å². The molecular weight excluding hydrogens is 356 g/mol. The number of pyridine rings is 1. The summed E-state index contributed by atoms with van der Waals surface area (Å²) in [4.78, 5) is 25.9. The van der Waals surface area contributed by atoms with Crippen LogP contribution in [0.4, 0.5) is 0 Å². The first-order chi connectivity index (χ1) is 12.5. The van der Waals surface area contributed by atoms with Crippen LogP contribution in [0.3, 0.4) is 0 Å². The number of amides is 1. The standard InChI is InChI=1S/C17H18N4O4S/c22-16(14-9-18-6-7-19-14)21-11-17(12-21)13(4-8-26(17,23)24)10-25-15-3-1-2-5-20-15/h1-3,5-7,9,13H,4,8,10-12H2/t13-/m0/s1. The second-order valence-electron chi connectivity index (χ2n) is 6.60. The van der Waals surface area contributed by atoms with Gasteiger partial charge in [-0.25, -0.2) is 18.4 Å². The van der Waals surface area contributed by atoms with Gasteiger partial charge in [0.15, 0.2) is 9.84 Å². The number of carbonyl (C=O) groups is 1. The molecule has 1 amide bonds. The lowest BCUT2D eigenvalue weighted by atomic mass is 9.83. The summed E-state index contributed by atoms with van der Waals surface area (Å²) in [5.74, 6) is 0.130. The summed E-state index contributed by atoms with van der Waals surface area (Å²) in [6.07, 6.45) is 6.47. The molecule has 0 bridgehead atoms. The number of nitrogens with zero attached hydrogens (tertiary/aromatic N) is 4. The highest BCUT2D eigenvalue weighted by Gasteiger charge is 2.62. The monoisotopic (exact) mass is 374 g/mol. The SMILES string of the molecule is O=C(c1cnccn1)N1CC2(C1)[C@H](COc1ccccn1)CCS2(=O)=O. The molecule has 2 aromatic heterocycles. The Bertz CT molecular complexity index is 899. The van der Waals surface area contributed by atoms with E-state index in [1.54, 1.807) is 18.3 Å². The molecule has 0 aromatic carbocycles. The van der Waals surface area contributed by atoms with Gasteiger partial charge in [0, 0.05) is 43.7 Å². The first-order valence-corrected chi connectivity index (χ1v) is 9.98. The normalized spacial score (nSPS) is 22.8. The molecule has 1 atom stereocenters. The van der Waals surface area contributed by atoms with Crippen LogP contribution < -0.4 is 4.74 Å². The number of carbonyl (C=O) groups excluding carboxylic acids is 1. The molecule has 2 aliphatic heterocycles. The van der Waals surface area contributed by atoms with Crippen LogP contribution in [0.5, 0.6) is 5.88 Å². The van der Waals surface area contributed by atoms with Crippen LogP contribution in [0.15, 0.2) is 43.0 Å². The second-order valence-corrected chi connectivity index (χ2v) is 9.05. The smallest absolute Gasteiger partial charge is 0.274 e. The summed E-state index contributed by atoms with van der Waals surface area (Å²) in [5, 5.41) is 0. The van der Waals surface area contributed by atoms with Gasteiger partial charge in [0.05, 0.1) is 18.6 Å². The Labute approximate surface area is 151 Å². The van der Waals surface area contributed by atoms with E-state index < -0.39 is 14.6 Å². The van der Waals surface area contributed by atoms with Crippen LogP contribution >= 0.6 is 0 Å². The largest absolute Gasteiger partial charge is 0.477 e. The Morgan fingerprint density at radius 2 is 2.08 bits per heavy atom. The van der Waals surface area contributed by atoms with E-state index >= 15 is 0 Å². The van der Waals surface area contributed by atoms with Crippen LogP contribution in [-0.2, 0) is 9.84 Å². The summed E-state index contributed by atoms with van der Waals surface area (Å²) in [5.41, 5.74) is 0.221. The molecule has 2 saturated heterocycles. The van der Waals surface area contributed by atoms with E-state index in [1.165, 1.54) is 23.5 Å². The summed E-state index contributed by atoms with van der Waals surface area (Å²) in [6.45, 7) is 0.603. The van der Waals surface area contributed by atoms with E-state index in [4.69, 9.17) is 4.74 Å². The van der Waals surface area contributed by atoms with Crippen LogP contribution in [0.1, 0.15) is 16.9 Å². The average molecular weight is 374 g/mol. The van der Waals surface area contributed by atoms with E-state index in [1.807, 2.05) is 6.07 Å². The molecule has 2 aromatic rings. The van der Waals surface area contributed by atoms with Crippen molar-refractivity contribution in [3.8, 4) is 5.88 Å². The van der Waals surface area contributed by atoms with E-state index in [2.05, 4.69) is 15.0 Å². The molecule has 0 unspecified atom stereocenters. The Morgan fingerprint density at radius 1 is 1.23 bits per heavy atom. The zero-order chi connectivity index (χ0) is 18.2. The summed E-state index contributed by atoms with van der Waals surface area (Å²) in [6, 6.07) is 5.34. The number of likely N-dealkylation sites (tertiary alicyclic amines) is 1. The number of aromatic nitrogens is 3. The number of rotatable bonds is 4. The van der Waals surface area contributed by atoms with Crippen molar-refractivity contribution in [3.63, 3.8) is 0 Å².